The molecule has 1 amide bonds. The van der Waals surface area contributed by atoms with Crippen molar-refractivity contribution in [1.29, 1.82) is 0 Å². The minimum absolute atomic E-state index is 0.0474. The van der Waals surface area contributed by atoms with Crippen molar-refractivity contribution in [3.8, 4) is 16.9 Å². The molecule has 136 valence electrons. The Balaban J connectivity index is 1.70. The topological polar surface area (TPSA) is 38.3 Å². The third-order valence-electron chi connectivity index (χ3n) is 4.77. The normalized spacial score (nSPS) is 13.0. The van der Waals surface area contributed by atoms with Gasteiger partial charge in [-0.25, -0.2) is 0 Å². The summed E-state index contributed by atoms with van der Waals surface area (Å²) in [6.07, 6.45) is 1.25. The van der Waals surface area contributed by atoms with Crippen LogP contribution in [-0.2, 0) is 17.8 Å². The van der Waals surface area contributed by atoms with E-state index >= 15 is 0 Å². The molecule has 0 aromatic heterocycles. The lowest BCUT2D eigenvalue weighted by molar-refractivity contribution is -0.116. The molecule has 0 spiro atoms. The first-order valence-corrected chi connectivity index (χ1v) is 9.37. The second-order valence-electron chi connectivity index (χ2n) is 6.83. The van der Waals surface area contributed by atoms with Crippen LogP contribution in [0.15, 0.2) is 60.7 Å². The van der Waals surface area contributed by atoms with Crippen LogP contribution >= 0.6 is 11.6 Å². The molecular formula is C23H20ClNO2. The average molecular weight is 378 g/mol. The zero-order valence-corrected chi connectivity index (χ0v) is 15.8. The monoisotopic (exact) mass is 377 g/mol. The van der Waals surface area contributed by atoms with Crippen molar-refractivity contribution in [2.24, 2.45) is 0 Å². The average Bonchev–Trinajstić information content (AvgIpc) is 2.67. The van der Waals surface area contributed by atoms with Gasteiger partial charge in [0.2, 0.25) is 5.91 Å². The first-order chi connectivity index (χ1) is 13.1. The predicted molar refractivity (Wildman–Crippen MR) is 109 cm³/mol. The second-order valence-corrected chi connectivity index (χ2v) is 7.27. The molecule has 0 fully saturated rings. The van der Waals surface area contributed by atoms with Crippen LogP contribution < -0.4 is 10.1 Å². The number of amides is 1. The van der Waals surface area contributed by atoms with Crippen LogP contribution in [0.4, 0.5) is 5.69 Å². The van der Waals surface area contributed by atoms with Crippen LogP contribution in [-0.4, -0.2) is 5.91 Å². The molecular weight excluding hydrogens is 358 g/mol. The summed E-state index contributed by atoms with van der Waals surface area (Å²) in [5.74, 6) is 0.796. The zero-order valence-electron chi connectivity index (χ0n) is 15.1. The Hall–Kier alpha value is -2.78. The van der Waals surface area contributed by atoms with E-state index < -0.39 is 0 Å². The summed E-state index contributed by atoms with van der Waals surface area (Å²) in [6.45, 7) is 2.53. The highest BCUT2D eigenvalue weighted by atomic mass is 35.5. The number of hydrogen-bond donors (Lipinski definition) is 1. The number of ether oxygens (including phenoxy) is 1. The van der Waals surface area contributed by atoms with Gasteiger partial charge in [-0.15, -0.1) is 0 Å². The van der Waals surface area contributed by atoms with Gasteiger partial charge < -0.3 is 10.1 Å². The highest BCUT2D eigenvalue weighted by Crippen LogP contribution is 2.38. The lowest BCUT2D eigenvalue weighted by atomic mass is 9.96. The summed E-state index contributed by atoms with van der Waals surface area (Å²) in [4.78, 5) is 11.8. The number of hydrogen-bond acceptors (Lipinski definition) is 2. The number of benzene rings is 3. The molecule has 0 bridgehead atoms. The molecule has 0 saturated heterocycles. The molecule has 0 atom stereocenters. The summed E-state index contributed by atoms with van der Waals surface area (Å²) in [5, 5.41) is 3.65. The minimum Gasteiger partial charge on any atom is -0.488 e. The molecule has 0 aliphatic carbocycles. The van der Waals surface area contributed by atoms with Crippen LogP contribution in [0, 0.1) is 6.92 Å². The molecule has 0 radical (unpaired) electrons. The van der Waals surface area contributed by atoms with Crippen molar-refractivity contribution < 1.29 is 9.53 Å². The van der Waals surface area contributed by atoms with Gasteiger partial charge in [0.25, 0.3) is 0 Å². The smallest absolute Gasteiger partial charge is 0.224 e. The predicted octanol–water partition coefficient (Wildman–Crippen LogP) is 5.78. The molecule has 0 saturated carbocycles. The number of carbonyl (C=O) groups is 1. The zero-order chi connectivity index (χ0) is 18.8. The summed E-state index contributed by atoms with van der Waals surface area (Å²) >= 11 is 6.05. The summed E-state index contributed by atoms with van der Waals surface area (Å²) in [7, 11) is 0. The molecule has 3 nitrogen and oxygen atoms in total. The first-order valence-electron chi connectivity index (χ1n) is 8.99. The third-order valence-corrected chi connectivity index (χ3v) is 5.02. The quantitative estimate of drug-likeness (QED) is 0.625. The molecule has 4 heteroatoms. The molecule has 3 aromatic rings. The number of nitrogens with one attached hydrogen (secondary N) is 1. The van der Waals surface area contributed by atoms with Crippen molar-refractivity contribution in [3.05, 3.63) is 82.4 Å². The van der Waals surface area contributed by atoms with Crippen molar-refractivity contribution in [1.82, 2.24) is 0 Å². The Morgan fingerprint density at radius 1 is 1.00 bits per heavy atom. The fourth-order valence-corrected chi connectivity index (χ4v) is 3.35. The maximum Gasteiger partial charge on any atom is 0.224 e. The number of carbonyl (C=O) groups excluding carboxylic acids is 1. The molecule has 27 heavy (non-hydrogen) atoms. The lowest BCUT2D eigenvalue weighted by Crippen LogP contribution is -2.19. The molecule has 1 heterocycles. The first kappa shape index (κ1) is 17.6. The summed E-state index contributed by atoms with van der Waals surface area (Å²) in [5.41, 5.74) is 6.33. The van der Waals surface area contributed by atoms with Crippen LogP contribution in [0.3, 0.4) is 0 Å². The number of anilines is 1. The van der Waals surface area contributed by atoms with E-state index in [1.54, 1.807) is 0 Å². The molecule has 3 aromatic carbocycles. The van der Waals surface area contributed by atoms with Crippen LogP contribution in [0.5, 0.6) is 5.75 Å². The van der Waals surface area contributed by atoms with Crippen LogP contribution in [0.2, 0.25) is 5.02 Å². The van der Waals surface area contributed by atoms with E-state index in [0.29, 0.717) is 18.1 Å². The van der Waals surface area contributed by atoms with E-state index in [0.717, 1.165) is 40.1 Å². The van der Waals surface area contributed by atoms with Gasteiger partial charge in [-0.3, -0.25) is 4.79 Å². The maximum absolute atomic E-state index is 11.8. The SMILES string of the molecule is Cc1ccc(COc2cc3c(cc2-c2ccc(Cl)cc2)CCC(=O)N3)cc1. The minimum atomic E-state index is 0.0474. The van der Waals surface area contributed by atoms with Crippen molar-refractivity contribution in [2.45, 2.75) is 26.4 Å². The Morgan fingerprint density at radius 3 is 2.48 bits per heavy atom. The largest absolute Gasteiger partial charge is 0.488 e. The molecule has 1 N–H and O–H groups in total. The number of rotatable bonds is 4. The molecule has 0 unspecified atom stereocenters. The number of fused-ring (bicyclic) bond motifs is 1. The standard InChI is InChI=1S/C23H20ClNO2/c1-15-2-4-16(5-3-15)14-27-22-13-21-18(8-11-23(26)25-21)12-20(22)17-6-9-19(24)10-7-17/h2-7,9-10,12-13H,8,11,14H2,1H3,(H,25,26). The van der Waals surface area contributed by atoms with E-state index in [1.165, 1.54) is 5.56 Å². The fraction of sp³-hybridized carbons (Fsp3) is 0.174. The van der Waals surface area contributed by atoms with Gasteiger partial charge in [0, 0.05) is 28.8 Å². The Kier molecular flexibility index (Phi) is 4.87. The van der Waals surface area contributed by atoms with Crippen LogP contribution in [0.1, 0.15) is 23.1 Å². The summed E-state index contributed by atoms with van der Waals surface area (Å²) in [6, 6.07) is 20.1. The lowest BCUT2D eigenvalue weighted by Gasteiger charge is -2.21. The van der Waals surface area contributed by atoms with Crippen LogP contribution in [0.25, 0.3) is 11.1 Å². The molecule has 4 rings (SSSR count). The Morgan fingerprint density at radius 2 is 1.74 bits per heavy atom. The molecule has 1 aliphatic heterocycles. The number of aryl methyl sites for hydroxylation is 2. The third kappa shape index (κ3) is 3.99. The van der Waals surface area contributed by atoms with Gasteiger partial charge in [-0.1, -0.05) is 53.6 Å². The maximum atomic E-state index is 11.8. The number of halogens is 1. The second kappa shape index (κ2) is 7.45. The van der Waals surface area contributed by atoms with E-state index in [4.69, 9.17) is 16.3 Å². The van der Waals surface area contributed by atoms with Gasteiger partial charge in [-0.05, 0) is 48.2 Å². The highest BCUT2D eigenvalue weighted by molar-refractivity contribution is 6.30. The Labute approximate surface area is 163 Å². The van der Waals surface area contributed by atoms with Gasteiger partial charge in [0.1, 0.15) is 12.4 Å². The van der Waals surface area contributed by atoms with E-state index in [-0.39, 0.29) is 5.91 Å². The van der Waals surface area contributed by atoms with E-state index in [2.05, 4.69) is 42.6 Å². The van der Waals surface area contributed by atoms with Gasteiger partial charge in [-0.2, -0.15) is 0 Å². The fourth-order valence-electron chi connectivity index (χ4n) is 3.23. The molecule has 1 aliphatic rings. The van der Waals surface area contributed by atoms with E-state index in [1.807, 2.05) is 30.3 Å². The Bertz CT molecular complexity index is 979. The van der Waals surface area contributed by atoms with Crippen molar-refractivity contribution >= 4 is 23.2 Å². The summed E-state index contributed by atoms with van der Waals surface area (Å²) < 4.78 is 6.16. The van der Waals surface area contributed by atoms with Gasteiger partial charge >= 0.3 is 0 Å². The van der Waals surface area contributed by atoms with Gasteiger partial charge in [0.05, 0.1) is 0 Å². The van der Waals surface area contributed by atoms with E-state index in [9.17, 15) is 4.79 Å². The van der Waals surface area contributed by atoms with Gasteiger partial charge in [0.15, 0.2) is 0 Å². The highest BCUT2D eigenvalue weighted by Gasteiger charge is 2.19. The van der Waals surface area contributed by atoms with Crippen molar-refractivity contribution in [2.75, 3.05) is 5.32 Å². The van der Waals surface area contributed by atoms with Crippen molar-refractivity contribution in [3.63, 3.8) is 0 Å².